The van der Waals surface area contributed by atoms with E-state index in [-0.39, 0.29) is 17.5 Å². The van der Waals surface area contributed by atoms with Crippen molar-refractivity contribution < 1.29 is 14.3 Å². The molecule has 0 N–H and O–H groups in total. The molecule has 0 fully saturated rings. The quantitative estimate of drug-likeness (QED) is 0.398. The zero-order chi connectivity index (χ0) is 23.0. The maximum absolute atomic E-state index is 12.4. The molecular weight excluding hydrogens is 422 g/mol. The van der Waals surface area contributed by atoms with Gasteiger partial charge in [0.15, 0.2) is 10.8 Å². The molecule has 4 rings (SSSR count). The van der Waals surface area contributed by atoms with Crippen LogP contribution in [0.3, 0.4) is 0 Å². The number of esters is 1. The number of nitrogens with zero attached hydrogens (tertiary/aromatic N) is 3. The van der Waals surface area contributed by atoms with Crippen LogP contribution in [0.25, 0.3) is 6.08 Å². The lowest BCUT2D eigenvalue weighted by Gasteiger charge is -2.21. The van der Waals surface area contributed by atoms with Gasteiger partial charge in [-0.3, -0.25) is 9.69 Å². The van der Waals surface area contributed by atoms with E-state index in [9.17, 15) is 9.59 Å². The van der Waals surface area contributed by atoms with E-state index in [1.165, 1.54) is 18.3 Å². The zero-order valence-corrected chi connectivity index (χ0v) is 19.4. The Kier molecular flexibility index (Phi) is 5.76. The van der Waals surface area contributed by atoms with E-state index in [0.717, 1.165) is 33.5 Å². The predicted molar refractivity (Wildman–Crippen MR) is 127 cm³/mol. The fraction of sp³-hybridized carbons (Fsp3) is 0.200. The largest absolute Gasteiger partial charge is 0.402 e. The number of rotatable bonds is 4. The first-order chi connectivity index (χ1) is 15.2. The third-order valence-corrected chi connectivity index (χ3v) is 6.34. The Morgan fingerprint density at radius 1 is 1.06 bits per heavy atom. The summed E-state index contributed by atoms with van der Waals surface area (Å²) in [5.41, 5.74) is 6.62. The Balaban J connectivity index is 1.66. The number of carbonyl (C=O) groups excluding carboxylic acids is 2. The van der Waals surface area contributed by atoms with E-state index in [4.69, 9.17) is 4.74 Å². The number of ether oxygens (including phenoxy) is 1. The molecule has 0 bridgehead atoms. The van der Waals surface area contributed by atoms with Crippen molar-refractivity contribution in [2.24, 2.45) is 4.99 Å². The number of thiazole rings is 1. The minimum Gasteiger partial charge on any atom is -0.402 e. The summed E-state index contributed by atoms with van der Waals surface area (Å²) in [7, 11) is 0. The number of hydrogen-bond donors (Lipinski definition) is 0. The molecule has 162 valence electrons. The maximum Gasteiger partial charge on any atom is 0.363 e. The lowest BCUT2D eigenvalue weighted by molar-refractivity contribution is -0.130. The first-order valence-electron chi connectivity index (χ1n) is 10.2. The molecule has 3 aromatic rings. The van der Waals surface area contributed by atoms with Gasteiger partial charge in [-0.1, -0.05) is 18.2 Å². The topological polar surface area (TPSA) is 71.9 Å². The lowest BCUT2D eigenvalue weighted by atomic mass is 10.1. The fourth-order valence-electron chi connectivity index (χ4n) is 3.38. The molecule has 0 saturated carbocycles. The molecule has 1 aliphatic rings. The molecule has 0 spiro atoms. The summed E-state index contributed by atoms with van der Waals surface area (Å²) in [6.45, 7) is 9.52. The highest BCUT2D eigenvalue weighted by Crippen LogP contribution is 2.33. The lowest BCUT2D eigenvalue weighted by Crippen LogP contribution is -2.23. The molecule has 0 aliphatic carbocycles. The van der Waals surface area contributed by atoms with Crippen LogP contribution in [0.15, 0.2) is 52.5 Å². The van der Waals surface area contributed by atoms with Gasteiger partial charge in [0, 0.05) is 17.9 Å². The van der Waals surface area contributed by atoms with Crippen molar-refractivity contribution in [3.05, 3.63) is 81.0 Å². The number of aliphatic imine (C=N–C) groups is 1. The highest BCUT2D eigenvalue weighted by atomic mass is 32.1. The van der Waals surface area contributed by atoms with E-state index in [0.29, 0.717) is 10.8 Å². The second-order valence-corrected chi connectivity index (χ2v) is 8.60. The molecular formula is C25H23N3O3S. The van der Waals surface area contributed by atoms with Gasteiger partial charge >= 0.3 is 5.97 Å². The average molecular weight is 446 g/mol. The van der Waals surface area contributed by atoms with E-state index in [1.54, 1.807) is 16.4 Å². The van der Waals surface area contributed by atoms with E-state index < -0.39 is 5.97 Å². The van der Waals surface area contributed by atoms with Crippen LogP contribution in [0.4, 0.5) is 10.8 Å². The molecule has 0 saturated heterocycles. The standard InChI is InChI=1S/C25H23N3O3S/c1-14-9-10-19(11-16(14)3)23-27-21(24(30)31-23)12-20-13-32-25(26-20)28(18(5)29)22-8-6-7-15(2)17(22)4/h6-13H,1-5H3. The van der Waals surface area contributed by atoms with Gasteiger partial charge in [-0.05, 0) is 74.2 Å². The number of carbonyl (C=O) groups is 2. The van der Waals surface area contributed by atoms with Crippen LogP contribution in [-0.4, -0.2) is 22.8 Å². The molecule has 6 nitrogen and oxygen atoms in total. The van der Waals surface area contributed by atoms with E-state index in [2.05, 4.69) is 9.98 Å². The smallest absolute Gasteiger partial charge is 0.363 e. The van der Waals surface area contributed by atoms with Crippen LogP contribution in [0.5, 0.6) is 0 Å². The van der Waals surface area contributed by atoms with Crippen LogP contribution >= 0.6 is 11.3 Å². The third-order valence-electron chi connectivity index (χ3n) is 5.49. The number of aryl methyl sites for hydroxylation is 3. The van der Waals surface area contributed by atoms with Gasteiger partial charge in [0.2, 0.25) is 11.8 Å². The third kappa shape index (κ3) is 4.11. The number of benzene rings is 2. The summed E-state index contributed by atoms with van der Waals surface area (Å²) in [5.74, 6) is -0.381. The highest BCUT2D eigenvalue weighted by molar-refractivity contribution is 7.14. The van der Waals surface area contributed by atoms with Gasteiger partial charge in [-0.15, -0.1) is 11.3 Å². The maximum atomic E-state index is 12.4. The Labute approximate surface area is 190 Å². The summed E-state index contributed by atoms with van der Waals surface area (Å²) in [6.07, 6.45) is 1.58. The molecule has 1 aromatic heterocycles. The highest BCUT2D eigenvalue weighted by Gasteiger charge is 2.25. The summed E-state index contributed by atoms with van der Waals surface area (Å²) in [5, 5.41) is 2.32. The summed E-state index contributed by atoms with van der Waals surface area (Å²) < 4.78 is 5.37. The van der Waals surface area contributed by atoms with Crippen molar-refractivity contribution in [2.75, 3.05) is 4.90 Å². The Morgan fingerprint density at radius 3 is 2.56 bits per heavy atom. The van der Waals surface area contributed by atoms with Gasteiger partial charge in [0.1, 0.15) is 0 Å². The van der Waals surface area contributed by atoms with Gasteiger partial charge in [0.25, 0.3) is 0 Å². The fourth-order valence-corrected chi connectivity index (χ4v) is 4.21. The molecule has 0 atom stereocenters. The molecule has 2 heterocycles. The minimum absolute atomic E-state index is 0.137. The van der Waals surface area contributed by atoms with Gasteiger partial charge in [0.05, 0.1) is 11.4 Å². The van der Waals surface area contributed by atoms with Gasteiger partial charge in [-0.25, -0.2) is 14.8 Å². The van der Waals surface area contributed by atoms with Crippen LogP contribution < -0.4 is 4.90 Å². The normalized spacial score (nSPS) is 14.5. The minimum atomic E-state index is -0.522. The molecule has 32 heavy (non-hydrogen) atoms. The molecule has 0 unspecified atom stereocenters. The monoisotopic (exact) mass is 445 g/mol. The van der Waals surface area contributed by atoms with Crippen LogP contribution in [-0.2, 0) is 14.3 Å². The van der Waals surface area contributed by atoms with Crippen molar-refractivity contribution in [1.82, 2.24) is 4.98 Å². The summed E-state index contributed by atoms with van der Waals surface area (Å²) in [4.78, 5) is 35.3. The predicted octanol–water partition coefficient (Wildman–Crippen LogP) is 5.41. The molecule has 0 radical (unpaired) electrons. The Bertz CT molecular complexity index is 1300. The van der Waals surface area contributed by atoms with Crippen molar-refractivity contribution >= 4 is 46.0 Å². The van der Waals surface area contributed by atoms with Crippen LogP contribution in [0.2, 0.25) is 0 Å². The van der Waals surface area contributed by atoms with E-state index in [1.807, 2.05) is 64.1 Å². The van der Waals surface area contributed by atoms with Crippen molar-refractivity contribution in [3.8, 4) is 0 Å². The number of amides is 1. The SMILES string of the molecule is CC(=O)N(c1nc(C=C2N=C(c3ccc(C)c(C)c3)OC2=O)cs1)c1cccc(C)c1C. The van der Waals surface area contributed by atoms with Crippen LogP contribution in [0.1, 0.15) is 40.4 Å². The molecule has 2 aromatic carbocycles. The van der Waals surface area contributed by atoms with Crippen LogP contribution in [0, 0.1) is 27.7 Å². The number of anilines is 2. The number of aromatic nitrogens is 1. The summed E-state index contributed by atoms with van der Waals surface area (Å²) >= 11 is 1.33. The Hall–Kier alpha value is -3.58. The summed E-state index contributed by atoms with van der Waals surface area (Å²) in [6, 6.07) is 11.6. The van der Waals surface area contributed by atoms with Crippen molar-refractivity contribution in [3.63, 3.8) is 0 Å². The van der Waals surface area contributed by atoms with Gasteiger partial charge < -0.3 is 4.74 Å². The molecule has 1 amide bonds. The number of hydrogen-bond acceptors (Lipinski definition) is 6. The first-order valence-corrected chi connectivity index (χ1v) is 11.0. The number of cyclic esters (lactones) is 1. The molecule has 1 aliphatic heterocycles. The molecule has 7 heteroatoms. The zero-order valence-electron chi connectivity index (χ0n) is 18.6. The van der Waals surface area contributed by atoms with Gasteiger partial charge in [-0.2, -0.15) is 0 Å². The van der Waals surface area contributed by atoms with E-state index >= 15 is 0 Å². The van der Waals surface area contributed by atoms with Crippen molar-refractivity contribution in [1.29, 1.82) is 0 Å². The average Bonchev–Trinajstić information content (AvgIpc) is 3.34. The van der Waals surface area contributed by atoms with Crippen molar-refractivity contribution in [2.45, 2.75) is 34.6 Å². The second-order valence-electron chi connectivity index (χ2n) is 7.76. The first kappa shape index (κ1) is 21.6. The second kappa shape index (κ2) is 8.51. The Morgan fingerprint density at radius 2 is 1.84 bits per heavy atom.